The van der Waals surface area contributed by atoms with E-state index >= 15 is 0 Å². The van der Waals surface area contributed by atoms with Gasteiger partial charge < -0.3 is 0 Å². The fraction of sp³-hybridized carbons (Fsp3) is 0.652. The third-order valence-electron chi connectivity index (χ3n) is 6.64. The molecule has 0 heterocycles. The van der Waals surface area contributed by atoms with E-state index in [1.54, 1.807) is 12.1 Å². The quantitative estimate of drug-likeness (QED) is 0.478. The molecule has 0 spiro atoms. The van der Waals surface area contributed by atoms with Gasteiger partial charge in [-0.2, -0.15) is 0 Å². The second-order valence-electron chi connectivity index (χ2n) is 8.29. The van der Waals surface area contributed by atoms with Crippen molar-refractivity contribution in [2.24, 2.45) is 17.8 Å². The van der Waals surface area contributed by atoms with Crippen molar-refractivity contribution < 1.29 is 8.78 Å². The van der Waals surface area contributed by atoms with Crippen LogP contribution < -0.4 is 0 Å². The van der Waals surface area contributed by atoms with Crippen molar-refractivity contribution in [3.8, 4) is 0 Å². The Morgan fingerprint density at radius 1 is 1.04 bits per heavy atom. The fourth-order valence-corrected chi connectivity index (χ4v) is 5.25. The maximum atomic E-state index is 14.3. The highest BCUT2D eigenvalue weighted by molar-refractivity contribution is 5.29. The summed E-state index contributed by atoms with van der Waals surface area (Å²) in [6.07, 6.45) is 13.1. The van der Waals surface area contributed by atoms with Crippen LogP contribution in [-0.2, 0) is 6.42 Å². The summed E-state index contributed by atoms with van der Waals surface area (Å²) in [5.41, 5.74) is 1.16. The molecule has 0 bridgehead atoms. The van der Waals surface area contributed by atoms with Crippen LogP contribution >= 0.6 is 0 Å². The van der Waals surface area contributed by atoms with Crippen LogP contribution in [-0.4, -0.2) is 0 Å². The van der Waals surface area contributed by atoms with Crippen molar-refractivity contribution in [3.05, 3.63) is 47.5 Å². The van der Waals surface area contributed by atoms with Crippen LogP contribution in [0.1, 0.15) is 81.8 Å². The number of allylic oxidation sites excluding steroid dienone is 1. The molecule has 2 fully saturated rings. The first-order valence-corrected chi connectivity index (χ1v) is 10.2. The minimum atomic E-state index is -0.341. The van der Waals surface area contributed by atoms with Crippen molar-refractivity contribution in [3.63, 3.8) is 0 Å². The summed E-state index contributed by atoms with van der Waals surface area (Å²) in [5.74, 6) is 2.10. The molecule has 2 heteroatoms. The van der Waals surface area contributed by atoms with Crippen molar-refractivity contribution in [2.75, 3.05) is 0 Å². The van der Waals surface area contributed by atoms with E-state index in [9.17, 15) is 8.78 Å². The maximum Gasteiger partial charge on any atom is 0.129 e. The van der Waals surface area contributed by atoms with E-state index in [4.69, 9.17) is 0 Å². The van der Waals surface area contributed by atoms with E-state index in [0.29, 0.717) is 12.3 Å². The third kappa shape index (κ3) is 4.33. The predicted molar refractivity (Wildman–Crippen MR) is 101 cm³/mol. The zero-order valence-corrected chi connectivity index (χ0v) is 15.6. The summed E-state index contributed by atoms with van der Waals surface area (Å²) in [6, 6.07) is 3.24. The molecule has 4 unspecified atom stereocenters. The maximum absolute atomic E-state index is 14.3. The van der Waals surface area contributed by atoms with Crippen LogP contribution in [0.5, 0.6) is 0 Å². The molecule has 0 radical (unpaired) electrons. The minimum Gasteiger partial charge on any atom is -0.207 e. The van der Waals surface area contributed by atoms with Crippen molar-refractivity contribution >= 4 is 0 Å². The molecule has 138 valence electrons. The molecule has 4 atom stereocenters. The molecule has 0 nitrogen and oxygen atoms in total. The Hall–Kier alpha value is -1.18. The fourth-order valence-electron chi connectivity index (χ4n) is 5.25. The van der Waals surface area contributed by atoms with Crippen LogP contribution in [0.3, 0.4) is 0 Å². The Bertz CT molecular complexity index is 569. The van der Waals surface area contributed by atoms with Gasteiger partial charge in [0.2, 0.25) is 0 Å². The summed E-state index contributed by atoms with van der Waals surface area (Å²) in [5, 5.41) is 0. The highest BCUT2D eigenvalue weighted by Gasteiger charge is 2.36. The molecule has 0 aliphatic heterocycles. The lowest BCUT2D eigenvalue weighted by molar-refractivity contribution is 0.115. The van der Waals surface area contributed by atoms with Gasteiger partial charge in [0.1, 0.15) is 11.6 Å². The first-order valence-electron chi connectivity index (χ1n) is 10.2. The highest BCUT2D eigenvalue weighted by Crippen LogP contribution is 2.48. The minimum absolute atomic E-state index is 0.266. The van der Waals surface area contributed by atoms with Crippen LogP contribution in [0.4, 0.5) is 8.78 Å². The largest absolute Gasteiger partial charge is 0.207 e. The van der Waals surface area contributed by atoms with Gasteiger partial charge in [-0.05, 0) is 92.7 Å². The van der Waals surface area contributed by atoms with Crippen LogP contribution in [0.25, 0.3) is 0 Å². The van der Waals surface area contributed by atoms with E-state index in [2.05, 4.69) is 6.58 Å². The lowest BCUT2D eigenvalue weighted by Gasteiger charge is -2.42. The Kier molecular flexibility index (Phi) is 6.30. The molecular formula is C23H32F2. The van der Waals surface area contributed by atoms with Gasteiger partial charge in [-0.15, -0.1) is 6.58 Å². The highest BCUT2D eigenvalue weighted by atomic mass is 19.1. The molecule has 0 amide bonds. The molecule has 25 heavy (non-hydrogen) atoms. The zero-order valence-electron chi connectivity index (χ0n) is 15.6. The lowest BCUT2D eigenvalue weighted by Crippen LogP contribution is -2.30. The van der Waals surface area contributed by atoms with E-state index in [-0.39, 0.29) is 17.2 Å². The number of hydrogen-bond acceptors (Lipinski definition) is 0. The summed E-state index contributed by atoms with van der Waals surface area (Å²) in [6.45, 7) is 5.80. The molecule has 0 N–H and O–H groups in total. The molecule has 2 aliphatic rings. The summed E-state index contributed by atoms with van der Waals surface area (Å²) < 4.78 is 28.6. The number of rotatable bonds is 6. The second kappa shape index (κ2) is 8.47. The van der Waals surface area contributed by atoms with E-state index in [1.807, 2.05) is 13.0 Å². The first-order chi connectivity index (χ1) is 12.1. The third-order valence-corrected chi connectivity index (χ3v) is 6.64. The SMILES string of the molecule is C=CCCC1CCC2CC(c3cc(F)c(CCC)c(F)c3)CCC2C1. The molecule has 2 aliphatic carbocycles. The molecule has 2 saturated carbocycles. The molecule has 0 saturated heterocycles. The van der Waals surface area contributed by atoms with Gasteiger partial charge in [-0.3, -0.25) is 0 Å². The topological polar surface area (TPSA) is 0 Å². The molecule has 0 aromatic heterocycles. The first kappa shape index (κ1) is 18.6. The summed E-state index contributed by atoms with van der Waals surface area (Å²) in [4.78, 5) is 0. The average Bonchev–Trinajstić information content (AvgIpc) is 2.62. The lowest BCUT2D eigenvalue weighted by atomic mass is 9.63. The van der Waals surface area contributed by atoms with Gasteiger partial charge in [-0.1, -0.05) is 25.8 Å². The predicted octanol–water partition coefficient (Wildman–Crippen LogP) is 7.18. The Labute approximate surface area is 151 Å². The van der Waals surface area contributed by atoms with E-state index in [1.165, 1.54) is 32.1 Å². The van der Waals surface area contributed by atoms with Crippen LogP contribution in [0.15, 0.2) is 24.8 Å². The van der Waals surface area contributed by atoms with E-state index in [0.717, 1.165) is 49.0 Å². The number of benzene rings is 1. The van der Waals surface area contributed by atoms with Crippen LogP contribution in [0, 0.1) is 29.4 Å². The molecule has 1 aromatic rings. The Balaban J connectivity index is 1.65. The average molecular weight is 347 g/mol. The Morgan fingerprint density at radius 2 is 1.72 bits per heavy atom. The van der Waals surface area contributed by atoms with E-state index < -0.39 is 0 Å². The van der Waals surface area contributed by atoms with Gasteiger partial charge in [0.05, 0.1) is 0 Å². The zero-order chi connectivity index (χ0) is 17.8. The molecular weight excluding hydrogens is 314 g/mol. The summed E-state index contributed by atoms with van der Waals surface area (Å²) >= 11 is 0. The normalized spacial score (nSPS) is 29.2. The van der Waals surface area contributed by atoms with Crippen molar-refractivity contribution in [2.45, 2.75) is 77.0 Å². The summed E-state index contributed by atoms with van der Waals surface area (Å²) in [7, 11) is 0. The second-order valence-corrected chi connectivity index (χ2v) is 8.29. The van der Waals surface area contributed by atoms with Gasteiger partial charge in [0.15, 0.2) is 0 Å². The monoisotopic (exact) mass is 346 g/mol. The van der Waals surface area contributed by atoms with Crippen molar-refractivity contribution in [1.29, 1.82) is 0 Å². The van der Waals surface area contributed by atoms with Crippen LogP contribution in [0.2, 0.25) is 0 Å². The van der Waals surface area contributed by atoms with Gasteiger partial charge in [0, 0.05) is 5.56 Å². The van der Waals surface area contributed by atoms with Gasteiger partial charge >= 0.3 is 0 Å². The molecule has 1 aromatic carbocycles. The van der Waals surface area contributed by atoms with Gasteiger partial charge in [-0.25, -0.2) is 8.78 Å². The van der Waals surface area contributed by atoms with Crippen molar-refractivity contribution in [1.82, 2.24) is 0 Å². The Morgan fingerprint density at radius 3 is 2.40 bits per heavy atom. The number of halogens is 2. The number of fused-ring (bicyclic) bond motifs is 1. The number of hydrogen-bond donors (Lipinski definition) is 0. The smallest absolute Gasteiger partial charge is 0.129 e. The van der Waals surface area contributed by atoms with Gasteiger partial charge in [0.25, 0.3) is 0 Å². The molecule has 3 rings (SSSR count). The standard InChI is InChI=1S/C23H32F2/c1-3-5-7-16-8-9-18-13-19(11-10-17(18)12-16)20-14-22(24)21(6-4-2)23(25)15-20/h3,14-19H,1,4-13H2,2H3.